The van der Waals surface area contributed by atoms with Gasteiger partial charge < -0.3 is 15.3 Å². The summed E-state index contributed by atoms with van der Waals surface area (Å²) in [5.41, 5.74) is 1.11. The number of phenolic OH excluding ortho intramolecular Hbond substituents is 1. The van der Waals surface area contributed by atoms with E-state index in [2.05, 4.69) is 5.32 Å². The topological polar surface area (TPSA) is 52.6 Å². The number of carbonyl (C=O) groups is 1. The van der Waals surface area contributed by atoms with Crippen LogP contribution in [0.2, 0.25) is 0 Å². The minimum Gasteiger partial charge on any atom is -0.508 e. The molecule has 0 spiro atoms. The number of nitrogens with one attached hydrogen (secondary N) is 1. The maximum Gasteiger partial charge on any atom is 0.223 e. The van der Waals surface area contributed by atoms with E-state index in [-0.39, 0.29) is 11.7 Å². The first-order valence-corrected chi connectivity index (χ1v) is 6.52. The van der Waals surface area contributed by atoms with Crippen LogP contribution in [0.1, 0.15) is 24.8 Å². The molecule has 1 fully saturated rings. The van der Waals surface area contributed by atoms with Gasteiger partial charge in [-0.25, -0.2) is 0 Å². The van der Waals surface area contributed by atoms with E-state index in [1.807, 2.05) is 17.0 Å². The normalized spacial score (nSPS) is 15.0. The van der Waals surface area contributed by atoms with Gasteiger partial charge >= 0.3 is 0 Å². The molecule has 0 atom stereocenters. The number of nitrogens with zero attached hydrogens (tertiary/aromatic N) is 1. The zero-order chi connectivity index (χ0) is 12.8. The van der Waals surface area contributed by atoms with E-state index in [0.717, 1.165) is 38.0 Å². The van der Waals surface area contributed by atoms with Gasteiger partial charge in [-0.15, -0.1) is 0 Å². The number of hydrogen-bond donors (Lipinski definition) is 2. The van der Waals surface area contributed by atoms with Gasteiger partial charge in [-0.3, -0.25) is 4.79 Å². The number of hydrogen-bond acceptors (Lipinski definition) is 3. The highest BCUT2D eigenvalue weighted by molar-refractivity contribution is 5.76. The Morgan fingerprint density at radius 2 is 1.89 bits per heavy atom. The molecule has 1 aromatic rings. The van der Waals surface area contributed by atoms with Gasteiger partial charge in [0.2, 0.25) is 5.91 Å². The Morgan fingerprint density at radius 3 is 2.56 bits per heavy atom. The van der Waals surface area contributed by atoms with Crippen molar-refractivity contribution in [2.75, 3.05) is 19.6 Å². The lowest BCUT2D eigenvalue weighted by atomic mass is 10.2. The van der Waals surface area contributed by atoms with E-state index in [1.54, 1.807) is 12.1 Å². The molecule has 1 saturated heterocycles. The SMILES string of the molecule is O=C(CCNCc1ccc(O)cc1)N1CCCC1. The number of likely N-dealkylation sites (tertiary alicyclic amines) is 1. The average Bonchev–Trinajstić information content (AvgIpc) is 2.90. The Bertz CT molecular complexity index is 383. The van der Waals surface area contributed by atoms with Crippen LogP contribution in [0.25, 0.3) is 0 Å². The standard InChI is InChI=1S/C14H20N2O2/c17-13-5-3-12(4-6-13)11-15-8-7-14(18)16-9-1-2-10-16/h3-6,15,17H,1-2,7-11H2. The molecule has 98 valence electrons. The third kappa shape index (κ3) is 3.74. The number of rotatable bonds is 5. The quantitative estimate of drug-likeness (QED) is 0.776. The monoisotopic (exact) mass is 248 g/mol. The van der Waals surface area contributed by atoms with Crippen molar-refractivity contribution in [3.63, 3.8) is 0 Å². The van der Waals surface area contributed by atoms with Crippen LogP contribution in [0.5, 0.6) is 5.75 Å². The maximum atomic E-state index is 11.8. The van der Waals surface area contributed by atoms with E-state index in [4.69, 9.17) is 5.11 Å². The summed E-state index contributed by atoms with van der Waals surface area (Å²) in [6.45, 7) is 3.29. The van der Waals surface area contributed by atoms with E-state index in [9.17, 15) is 4.79 Å². The Labute approximate surface area is 108 Å². The van der Waals surface area contributed by atoms with Crippen molar-refractivity contribution in [2.24, 2.45) is 0 Å². The first kappa shape index (κ1) is 12.9. The molecule has 1 aromatic carbocycles. The summed E-state index contributed by atoms with van der Waals surface area (Å²) < 4.78 is 0. The van der Waals surface area contributed by atoms with Crippen LogP contribution in [-0.2, 0) is 11.3 Å². The molecule has 1 aliphatic rings. The molecule has 4 heteroatoms. The summed E-state index contributed by atoms with van der Waals surface area (Å²) >= 11 is 0. The summed E-state index contributed by atoms with van der Waals surface area (Å²) in [7, 11) is 0. The number of aromatic hydroxyl groups is 1. The van der Waals surface area contributed by atoms with Crippen molar-refractivity contribution in [2.45, 2.75) is 25.8 Å². The van der Waals surface area contributed by atoms with Gasteiger partial charge in [0.05, 0.1) is 0 Å². The summed E-state index contributed by atoms with van der Waals surface area (Å²) in [5.74, 6) is 0.536. The molecular formula is C14H20N2O2. The van der Waals surface area contributed by atoms with Gasteiger partial charge in [0.25, 0.3) is 0 Å². The first-order valence-electron chi connectivity index (χ1n) is 6.52. The first-order chi connectivity index (χ1) is 8.75. The number of carbonyl (C=O) groups excluding carboxylic acids is 1. The van der Waals surface area contributed by atoms with Crippen LogP contribution in [0.3, 0.4) is 0 Å². The van der Waals surface area contributed by atoms with Gasteiger partial charge in [0, 0.05) is 32.6 Å². The Kier molecular flexibility index (Phi) is 4.59. The van der Waals surface area contributed by atoms with E-state index in [0.29, 0.717) is 13.0 Å². The van der Waals surface area contributed by atoms with Crippen LogP contribution in [0, 0.1) is 0 Å². The summed E-state index contributed by atoms with van der Waals surface area (Å²) in [6.07, 6.45) is 2.86. The third-order valence-corrected chi connectivity index (χ3v) is 3.24. The molecule has 2 N–H and O–H groups in total. The fraction of sp³-hybridized carbons (Fsp3) is 0.500. The van der Waals surface area contributed by atoms with Crippen LogP contribution < -0.4 is 5.32 Å². The summed E-state index contributed by atoms with van der Waals surface area (Å²) in [4.78, 5) is 13.7. The highest BCUT2D eigenvalue weighted by atomic mass is 16.3. The second-order valence-electron chi connectivity index (χ2n) is 4.68. The molecule has 1 amide bonds. The third-order valence-electron chi connectivity index (χ3n) is 3.24. The molecule has 2 rings (SSSR count). The fourth-order valence-corrected chi connectivity index (χ4v) is 2.17. The smallest absolute Gasteiger partial charge is 0.223 e. The van der Waals surface area contributed by atoms with Crippen LogP contribution >= 0.6 is 0 Å². The molecule has 1 aliphatic heterocycles. The Hall–Kier alpha value is -1.55. The molecule has 1 heterocycles. The second kappa shape index (κ2) is 6.40. The molecule has 0 aliphatic carbocycles. The lowest BCUT2D eigenvalue weighted by Gasteiger charge is -2.15. The van der Waals surface area contributed by atoms with Crippen molar-refractivity contribution < 1.29 is 9.90 Å². The number of benzene rings is 1. The lowest BCUT2D eigenvalue weighted by Crippen LogP contribution is -2.30. The Morgan fingerprint density at radius 1 is 1.22 bits per heavy atom. The summed E-state index contributed by atoms with van der Waals surface area (Å²) in [5, 5.41) is 12.4. The molecule has 0 bridgehead atoms. The minimum absolute atomic E-state index is 0.255. The molecule has 0 unspecified atom stereocenters. The predicted octanol–water partition coefficient (Wildman–Crippen LogP) is 1.49. The number of amides is 1. The lowest BCUT2D eigenvalue weighted by molar-refractivity contribution is -0.130. The van der Waals surface area contributed by atoms with Gasteiger partial charge in [-0.1, -0.05) is 12.1 Å². The zero-order valence-corrected chi connectivity index (χ0v) is 10.6. The van der Waals surface area contributed by atoms with Gasteiger partial charge in [-0.05, 0) is 30.5 Å². The van der Waals surface area contributed by atoms with Crippen molar-refractivity contribution >= 4 is 5.91 Å². The molecule has 4 nitrogen and oxygen atoms in total. The highest BCUT2D eigenvalue weighted by Crippen LogP contribution is 2.10. The molecule has 0 saturated carbocycles. The van der Waals surface area contributed by atoms with Crippen molar-refractivity contribution in [1.29, 1.82) is 0 Å². The molecular weight excluding hydrogens is 228 g/mol. The van der Waals surface area contributed by atoms with E-state index < -0.39 is 0 Å². The highest BCUT2D eigenvalue weighted by Gasteiger charge is 2.16. The second-order valence-corrected chi connectivity index (χ2v) is 4.68. The van der Waals surface area contributed by atoms with Crippen LogP contribution in [0.15, 0.2) is 24.3 Å². The van der Waals surface area contributed by atoms with Crippen LogP contribution in [-0.4, -0.2) is 35.5 Å². The summed E-state index contributed by atoms with van der Waals surface area (Å²) in [6, 6.07) is 7.11. The zero-order valence-electron chi connectivity index (χ0n) is 10.6. The molecule has 0 aromatic heterocycles. The minimum atomic E-state index is 0.255. The predicted molar refractivity (Wildman–Crippen MR) is 70.2 cm³/mol. The van der Waals surface area contributed by atoms with Crippen molar-refractivity contribution in [3.05, 3.63) is 29.8 Å². The van der Waals surface area contributed by atoms with Crippen LogP contribution in [0.4, 0.5) is 0 Å². The fourth-order valence-electron chi connectivity index (χ4n) is 2.17. The van der Waals surface area contributed by atoms with E-state index in [1.165, 1.54) is 0 Å². The molecule has 0 radical (unpaired) electrons. The maximum absolute atomic E-state index is 11.8. The van der Waals surface area contributed by atoms with Crippen molar-refractivity contribution in [1.82, 2.24) is 10.2 Å². The van der Waals surface area contributed by atoms with Crippen molar-refractivity contribution in [3.8, 4) is 5.75 Å². The van der Waals surface area contributed by atoms with E-state index >= 15 is 0 Å². The Balaban J connectivity index is 1.63. The number of phenols is 1. The largest absolute Gasteiger partial charge is 0.508 e. The van der Waals surface area contributed by atoms with Gasteiger partial charge in [0.15, 0.2) is 0 Å². The molecule has 18 heavy (non-hydrogen) atoms. The van der Waals surface area contributed by atoms with Gasteiger partial charge in [0.1, 0.15) is 5.75 Å². The average molecular weight is 248 g/mol. The van der Waals surface area contributed by atoms with Gasteiger partial charge in [-0.2, -0.15) is 0 Å².